The maximum Gasteiger partial charge on any atom is 0.303 e. The van der Waals surface area contributed by atoms with Crippen molar-refractivity contribution >= 4 is 34.7 Å². The van der Waals surface area contributed by atoms with Crippen molar-refractivity contribution in [1.82, 2.24) is 19.5 Å². The first-order chi connectivity index (χ1) is 16.4. The predicted octanol–water partition coefficient (Wildman–Crippen LogP) is 2.35. The Morgan fingerprint density at radius 1 is 1.03 bits per heavy atom. The van der Waals surface area contributed by atoms with Gasteiger partial charge in [0.2, 0.25) is 0 Å². The molecule has 4 heterocycles. The summed E-state index contributed by atoms with van der Waals surface area (Å²) in [6.45, 7) is 2.68. The third kappa shape index (κ3) is 4.23. The molecular weight excluding hydrogens is 468 g/mol. The van der Waals surface area contributed by atoms with E-state index in [1.54, 1.807) is 4.57 Å². The molecule has 2 fully saturated rings. The monoisotopic (exact) mass is 488 g/mol. The van der Waals surface area contributed by atoms with Crippen molar-refractivity contribution in [3.05, 3.63) is 53.7 Å². The fourth-order valence-electron chi connectivity index (χ4n) is 4.22. The molecule has 5 rings (SSSR count). The van der Waals surface area contributed by atoms with Gasteiger partial charge in [-0.2, -0.15) is 0 Å². The van der Waals surface area contributed by atoms with Gasteiger partial charge >= 0.3 is 11.9 Å². The topological polar surface area (TPSA) is 124 Å². The Labute approximate surface area is 198 Å². The molecule has 0 amide bonds. The number of benzene rings is 1. The van der Waals surface area contributed by atoms with Gasteiger partial charge < -0.3 is 23.7 Å². The molecule has 1 aromatic carbocycles. The summed E-state index contributed by atoms with van der Waals surface area (Å²) in [7, 11) is 0. The Bertz CT molecular complexity index is 1210. The van der Waals surface area contributed by atoms with E-state index >= 15 is 0 Å². The van der Waals surface area contributed by atoms with Crippen LogP contribution in [0.4, 0.5) is 0 Å². The summed E-state index contributed by atoms with van der Waals surface area (Å²) < 4.78 is 31.2. The molecule has 178 valence electrons. The highest BCUT2D eigenvalue weighted by molar-refractivity contribution is 6.33. The number of nitrogens with zero attached hydrogens (tertiary/aromatic N) is 4. The number of carbonyl (C=O) groups is 2. The maximum atomic E-state index is 12.1. The lowest BCUT2D eigenvalue weighted by atomic mass is 9.96. The van der Waals surface area contributed by atoms with Gasteiger partial charge in [0.1, 0.15) is 24.1 Å². The van der Waals surface area contributed by atoms with E-state index in [2.05, 4.69) is 15.0 Å². The lowest BCUT2D eigenvalue weighted by Crippen LogP contribution is -2.62. The summed E-state index contributed by atoms with van der Waals surface area (Å²) in [5, 5.41) is 0.160. The summed E-state index contributed by atoms with van der Waals surface area (Å²) in [5.74, 6) is -1.15. The highest BCUT2D eigenvalue weighted by atomic mass is 35.5. The van der Waals surface area contributed by atoms with E-state index < -0.39 is 48.9 Å². The molecule has 0 aliphatic carbocycles. The zero-order valence-electron chi connectivity index (χ0n) is 18.2. The standard InChI is InChI=1S/C22H21ClN4O7/c1-11(28)31-17-16-14(8-30-22(34-16)13-6-4-3-5-7-13)33-21(18(17)32-12(2)29)27-10-26-15-19(23)24-9-25-20(15)27/h3-7,9-10,14,16-18,21-22H,8H2,1-2H3/t14-,16-,17-,18+,21-,22-/m1/s1. The minimum atomic E-state index is -1.07. The number of aromatic nitrogens is 4. The van der Waals surface area contributed by atoms with Crippen molar-refractivity contribution in [2.75, 3.05) is 6.61 Å². The molecule has 3 aromatic rings. The van der Waals surface area contributed by atoms with Crippen LogP contribution in [0.25, 0.3) is 11.2 Å². The summed E-state index contributed by atoms with van der Waals surface area (Å²) in [5.41, 5.74) is 1.50. The van der Waals surface area contributed by atoms with Gasteiger partial charge in [0, 0.05) is 19.4 Å². The average Bonchev–Trinajstić information content (AvgIpc) is 3.25. The van der Waals surface area contributed by atoms with Crippen LogP contribution >= 0.6 is 11.6 Å². The second-order valence-electron chi connectivity index (χ2n) is 7.88. The van der Waals surface area contributed by atoms with Crippen molar-refractivity contribution in [2.24, 2.45) is 0 Å². The van der Waals surface area contributed by atoms with Gasteiger partial charge in [-0.15, -0.1) is 0 Å². The van der Waals surface area contributed by atoms with Crippen molar-refractivity contribution in [3.63, 3.8) is 0 Å². The number of esters is 2. The van der Waals surface area contributed by atoms with Crippen LogP contribution in [0.1, 0.15) is 31.9 Å². The van der Waals surface area contributed by atoms with E-state index in [9.17, 15) is 9.59 Å². The molecule has 0 saturated carbocycles. The molecule has 2 aliphatic heterocycles. The lowest BCUT2D eigenvalue weighted by molar-refractivity contribution is -0.340. The van der Waals surface area contributed by atoms with Gasteiger partial charge in [-0.25, -0.2) is 15.0 Å². The van der Waals surface area contributed by atoms with Gasteiger partial charge in [-0.3, -0.25) is 14.2 Å². The first-order valence-electron chi connectivity index (χ1n) is 10.6. The number of imidazole rings is 1. The molecule has 2 saturated heterocycles. The van der Waals surface area contributed by atoms with Crippen LogP contribution in [0, 0.1) is 0 Å². The summed E-state index contributed by atoms with van der Waals surface area (Å²) in [6, 6.07) is 9.34. The number of fused-ring (bicyclic) bond motifs is 2. The zero-order valence-corrected chi connectivity index (χ0v) is 19.0. The number of carbonyl (C=O) groups excluding carboxylic acids is 2. The van der Waals surface area contributed by atoms with Crippen molar-refractivity contribution in [2.45, 2.75) is 50.8 Å². The van der Waals surface area contributed by atoms with E-state index in [0.29, 0.717) is 11.2 Å². The molecule has 0 spiro atoms. The SMILES string of the molecule is CC(=O)O[C@H]1[C@H](OC(C)=O)[C@H](n2cnc3c(Cl)ncnc32)O[C@@H]2CO[C@@H](c3ccccc3)O[C@@H]12. The smallest absolute Gasteiger partial charge is 0.303 e. The largest absolute Gasteiger partial charge is 0.455 e. The molecule has 12 heteroatoms. The molecule has 34 heavy (non-hydrogen) atoms. The second kappa shape index (κ2) is 9.26. The van der Waals surface area contributed by atoms with Crippen molar-refractivity contribution in [1.29, 1.82) is 0 Å². The zero-order chi connectivity index (χ0) is 23.8. The van der Waals surface area contributed by atoms with E-state index in [1.807, 2.05) is 30.3 Å². The third-order valence-corrected chi connectivity index (χ3v) is 5.84. The fourth-order valence-corrected chi connectivity index (χ4v) is 4.40. The molecule has 0 radical (unpaired) electrons. The molecule has 11 nitrogen and oxygen atoms in total. The summed E-state index contributed by atoms with van der Waals surface area (Å²) in [4.78, 5) is 36.6. The molecule has 2 aromatic heterocycles. The van der Waals surface area contributed by atoms with E-state index in [4.69, 9.17) is 35.3 Å². The van der Waals surface area contributed by atoms with Crippen LogP contribution in [0.5, 0.6) is 0 Å². The van der Waals surface area contributed by atoms with Crippen LogP contribution in [-0.2, 0) is 33.3 Å². The normalized spacial score (nSPS) is 28.8. The third-order valence-electron chi connectivity index (χ3n) is 5.57. The summed E-state index contributed by atoms with van der Waals surface area (Å²) >= 11 is 6.15. The van der Waals surface area contributed by atoms with Gasteiger partial charge in [0.25, 0.3) is 0 Å². The van der Waals surface area contributed by atoms with Crippen LogP contribution in [-0.4, -0.2) is 62.5 Å². The summed E-state index contributed by atoms with van der Waals surface area (Å²) in [6.07, 6.45) is -2.39. The van der Waals surface area contributed by atoms with Gasteiger partial charge in [0.15, 0.2) is 35.5 Å². The van der Waals surface area contributed by atoms with Gasteiger partial charge in [-0.1, -0.05) is 41.9 Å². The van der Waals surface area contributed by atoms with Gasteiger partial charge in [-0.05, 0) is 0 Å². The first-order valence-corrected chi connectivity index (χ1v) is 10.9. The molecule has 0 bridgehead atoms. The Balaban J connectivity index is 1.54. The lowest BCUT2D eigenvalue weighted by Gasteiger charge is -2.48. The molecule has 2 aliphatic rings. The number of hydrogen-bond acceptors (Lipinski definition) is 10. The van der Waals surface area contributed by atoms with Crippen LogP contribution < -0.4 is 0 Å². The Morgan fingerprint density at radius 2 is 1.76 bits per heavy atom. The van der Waals surface area contributed by atoms with Crippen LogP contribution in [0.3, 0.4) is 0 Å². The molecule has 6 atom stereocenters. The molecule has 0 N–H and O–H groups in total. The maximum absolute atomic E-state index is 12.1. The van der Waals surface area contributed by atoms with Crippen molar-refractivity contribution < 1.29 is 33.3 Å². The first kappa shape index (κ1) is 22.7. The van der Waals surface area contributed by atoms with E-state index in [0.717, 1.165) is 5.56 Å². The number of hydrogen-bond donors (Lipinski definition) is 0. The van der Waals surface area contributed by atoms with E-state index in [1.165, 1.54) is 26.5 Å². The Morgan fingerprint density at radius 3 is 2.50 bits per heavy atom. The Hall–Kier alpha value is -3.12. The van der Waals surface area contributed by atoms with Crippen molar-refractivity contribution in [3.8, 4) is 0 Å². The second-order valence-corrected chi connectivity index (χ2v) is 8.24. The fraction of sp³-hybridized carbons (Fsp3) is 0.409. The van der Waals surface area contributed by atoms with Crippen LogP contribution in [0.15, 0.2) is 43.0 Å². The molecular formula is C22H21ClN4O7. The molecule has 0 unspecified atom stereocenters. The minimum absolute atomic E-state index is 0.146. The van der Waals surface area contributed by atoms with Crippen LogP contribution in [0.2, 0.25) is 5.15 Å². The quantitative estimate of drug-likeness (QED) is 0.399. The minimum Gasteiger partial charge on any atom is -0.455 e. The highest BCUT2D eigenvalue weighted by Gasteiger charge is 2.54. The number of ether oxygens (including phenoxy) is 5. The predicted molar refractivity (Wildman–Crippen MR) is 115 cm³/mol. The van der Waals surface area contributed by atoms with Gasteiger partial charge in [0.05, 0.1) is 12.9 Å². The Kier molecular flexibility index (Phi) is 6.17. The van der Waals surface area contributed by atoms with E-state index in [-0.39, 0.29) is 11.8 Å². The highest BCUT2D eigenvalue weighted by Crippen LogP contribution is 2.40. The average molecular weight is 489 g/mol. The number of rotatable bonds is 4. The number of halogens is 1.